The Morgan fingerprint density at radius 3 is 2.30 bits per heavy atom. The first-order valence-electron chi connectivity index (χ1n) is 8.29. The van der Waals surface area contributed by atoms with Crippen molar-refractivity contribution in [3.63, 3.8) is 0 Å². The molecule has 0 saturated heterocycles. The summed E-state index contributed by atoms with van der Waals surface area (Å²) in [4.78, 5) is 35.8. The summed E-state index contributed by atoms with van der Waals surface area (Å²) < 4.78 is 5.50. The lowest BCUT2D eigenvalue weighted by molar-refractivity contribution is -0.384. The first-order chi connectivity index (χ1) is 12.8. The van der Waals surface area contributed by atoms with Crippen molar-refractivity contribution >= 4 is 23.2 Å². The van der Waals surface area contributed by atoms with E-state index in [1.807, 2.05) is 19.1 Å². The second-order valence-electron chi connectivity index (χ2n) is 6.12. The highest BCUT2D eigenvalue weighted by molar-refractivity contribution is 5.95. The molecular formula is C19H21N3O5. The van der Waals surface area contributed by atoms with Crippen LogP contribution in [0.15, 0.2) is 48.5 Å². The topological polar surface area (TPSA) is 102 Å². The van der Waals surface area contributed by atoms with Gasteiger partial charge in [0.2, 0.25) is 5.91 Å². The van der Waals surface area contributed by atoms with Crippen LogP contribution in [0.5, 0.6) is 5.75 Å². The molecule has 0 heterocycles. The Kier molecular flexibility index (Phi) is 6.48. The number of nitrogens with one attached hydrogen (secondary N) is 1. The highest BCUT2D eigenvalue weighted by atomic mass is 16.6. The maximum atomic E-state index is 12.4. The van der Waals surface area contributed by atoms with Crippen molar-refractivity contribution in [2.45, 2.75) is 20.0 Å². The van der Waals surface area contributed by atoms with Gasteiger partial charge in [0.05, 0.1) is 11.5 Å². The highest BCUT2D eigenvalue weighted by Gasteiger charge is 2.21. The van der Waals surface area contributed by atoms with Crippen LogP contribution in [0.25, 0.3) is 0 Å². The Bertz CT molecular complexity index is 818. The zero-order chi connectivity index (χ0) is 20.0. The number of nitrogens with zero attached hydrogens (tertiary/aromatic N) is 2. The fraction of sp³-hybridized carbons (Fsp3) is 0.263. The van der Waals surface area contributed by atoms with Crippen LogP contribution in [0.1, 0.15) is 12.5 Å². The number of carbonyl (C=O) groups excluding carboxylic acids is 2. The van der Waals surface area contributed by atoms with Crippen molar-refractivity contribution in [2.24, 2.45) is 0 Å². The summed E-state index contributed by atoms with van der Waals surface area (Å²) in [5, 5.41) is 13.4. The number of aryl methyl sites for hydroxylation is 1. The molecule has 0 bridgehead atoms. The molecule has 2 rings (SSSR count). The quantitative estimate of drug-likeness (QED) is 0.596. The highest BCUT2D eigenvalue weighted by Crippen LogP contribution is 2.18. The zero-order valence-electron chi connectivity index (χ0n) is 15.3. The van der Waals surface area contributed by atoms with Crippen LogP contribution in [0, 0.1) is 17.0 Å². The van der Waals surface area contributed by atoms with Crippen LogP contribution in [0.3, 0.4) is 0 Å². The van der Waals surface area contributed by atoms with Crippen LogP contribution in [0.4, 0.5) is 11.4 Å². The fourth-order valence-electron chi connectivity index (χ4n) is 2.34. The van der Waals surface area contributed by atoms with Gasteiger partial charge in [-0.3, -0.25) is 19.7 Å². The lowest BCUT2D eigenvalue weighted by atomic mass is 10.2. The van der Waals surface area contributed by atoms with E-state index in [4.69, 9.17) is 4.74 Å². The molecule has 1 N–H and O–H groups in total. The molecule has 0 aliphatic carbocycles. The smallest absolute Gasteiger partial charge is 0.269 e. The van der Waals surface area contributed by atoms with Crippen LogP contribution < -0.4 is 10.1 Å². The van der Waals surface area contributed by atoms with Gasteiger partial charge in [0.15, 0.2) is 6.10 Å². The first-order valence-corrected chi connectivity index (χ1v) is 8.29. The summed E-state index contributed by atoms with van der Waals surface area (Å²) in [5.41, 5.74) is 1.67. The minimum Gasteiger partial charge on any atom is -0.481 e. The van der Waals surface area contributed by atoms with E-state index in [-0.39, 0.29) is 24.0 Å². The van der Waals surface area contributed by atoms with Gasteiger partial charge in [-0.1, -0.05) is 17.7 Å². The summed E-state index contributed by atoms with van der Waals surface area (Å²) in [6.45, 7) is 3.38. The second kappa shape index (κ2) is 8.79. The first kappa shape index (κ1) is 19.9. The third-order valence-electron chi connectivity index (χ3n) is 3.80. The maximum absolute atomic E-state index is 12.4. The molecule has 2 aromatic carbocycles. The van der Waals surface area contributed by atoms with E-state index in [1.165, 1.54) is 36.2 Å². The molecule has 0 saturated carbocycles. The van der Waals surface area contributed by atoms with Gasteiger partial charge in [-0.15, -0.1) is 0 Å². The van der Waals surface area contributed by atoms with Crippen LogP contribution in [-0.2, 0) is 9.59 Å². The van der Waals surface area contributed by atoms with Crippen molar-refractivity contribution in [1.82, 2.24) is 4.90 Å². The Morgan fingerprint density at radius 1 is 1.15 bits per heavy atom. The normalized spacial score (nSPS) is 11.4. The average Bonchev–Trinajstić information content (AvgIpc) is 2.63. The summed E-state index contributed by atoms with van der Waals surface area (Å²) >= 11 is 0. The number of benzene rings is 2. The molecule has 0 spiro atoms. The SMILES string of the molecule is Cc1ccc(NC(=O)CN(C)C(=O)[C@H](C)Oc2ccc([N+](=O)[O-])cc2)cc1. The predicted molar refractivity (Wildman–Crippen MR) is 101 cm³/mol. The van der Waals surface area contributed by atoms with E-state index in [0.717, 1.165) is 5.56 Å². The number of amides is 2. The van der Waals surface area contributed by atoms with E-state index < -0.39 is 11.0 Å². The van der Waals surface area contributed by atoms with Crippen LogP contribution in [-0.4, -0.2) is 41.3 Å². The molecular weight excluding hydrogens is 350 g/mol. The van der Waals surface area contributed by atoms with Crippen LogP contribution in [0.2, 0.25) is 0 Å². The number of nitro groups is 1. The van der Waals surface area contributed by atoms with Gasteiger partial charge in [-0.25, -0.2) is 0 Å². The minimum atomic E-state index is -0.844. The summed E-state index contributed by atoms with van der Waals surface area (Å²) in [5.74, 6) is -0.372. The van der Waals surface area contributed by atoms with E-state index in [9.17, 15) is 19.7 Å². The number of ether oxygens (including phenoxy) is 1. The number of non-ortho nitro benzene ring substituents is 1. The lowest BCUT2D eigenvalue weighted by Crippen LogP contribution is -2.41. The molecule has 0 aromatic heterocycles. The molecule has 2 aromatic rings. The lowest BCUT2D eigenvalue weighted by Gasteiger charge is -2.21. The second-order valence-corrected chi connectivity index (χ2v) is 6.12. The molecule has 0 fully saturated rings. The molecule has 0 unspecified atom stereocenters. The Morgan fingerprint density at radius 2 is 1.74 bits per heavy atom. The van der Waals surface area contributed by atoms with Gasteiger partial charge >= 0.3 is 0 Å². The monoisotopic (exact) mass is 371 g/mol. The van der Waals surface area contributed by atoms with Gasteiger partial charge in [0.1, 0.15) is 5.75 Å². The van der Waals surface area contributed by atoms with Crippen molar-refractivity contribution in [1.29, 1.82) is 0 Å². The number of rotatable bonds is 7. The molecule has 0 aliphatic rings. The zero-order valence-corrected chi connectivity index (χ0v) is 15.3. The van der Waals surface area contributed by atoms with Crippen molar-refractivity contribution in [3.05, 3.63) is 64.2 Å². The van der Waals surface area contributed by atoms with Gasteiger partial charge in [-0.05, 0) is 38.1 Å². The number of hydrogen-bond acceptors (Lipinski definition) is 5. The third-order valence-corrected chi connectivity index (χ3v) is 3.80. The van der Waals surface area contributed by atoms with E-state index in [0.29, 0.717) is 11.4 Å². The molecule has 8 heteroatoms. The Labute approximate surface area is 156 Å². The van der Waals surface area contributed by atoms with E-state index in [1.54, 1.807) is 19.1 Å². The van der Waals surface area contributed by atoms with Crippen molar-refractivity contribution in [3.8, 4) is 5.75 Å². The number of likely N-dealkylation sites (N-methyl/N-ethyl adjacent to an activating group) is 1. The molecule has 2 amide bonds. The van der Waals surface area contributed by atoms with Gasteiger partial charge < -0.3 is 15.0 Å². The standard InChI is InChI=1S/C19H21N3O5/c1-13-4-6-15(7-5-13)20-18(23)12-21(3)19(24)14(2)27-17-10-8-16(9-11-17)22(25)26/h4-11,14H,12H2,1-3H3,(H,20,23)/t14-/m0/s1. The molecule has 0 aliphatic heterocycles. The summed E-state index contributed by atoms with van der Waals surface area (Å²) in [7, 11) is 1.51. The Balaban J connectivity index is 1.88. The number of hydrogen-bond donors (Lipinski definition) is 1. The predicted octanol–water partition coefficient (Wildman–Crippen LogP) is 2.77. The summed E-state index contributed by atoms with van der Waals surface area (Å²) in [6, 6.07) is 12.8. The number of carbonyl (C=O) groups is 2. The molecule has 142 valence electrons. The van der Waals surface area contributed by atoms with E-state index in [2.05, 4.69) is 5.32 Å². The average molecular weight is 371 g/mol. The maximum Gasteiger partial charge on any atom is 0.269 e. The third kappa shape index (κ3) is 5.81. The molecule has 27 heavy (non-hydrogen) atoms. The van der Waals surface area contributed by atoms with E-state index >= 15 is 0 Å². The summed E-state index contributed by atoms with van der Waals surface area (Å²) in [6.07, 6.45) is -0.844. The Hall–Kier alpha value is -3.42. The van der Waals surface area contributed by atoms with Gasteiger partial charge in [0.25, 0.3) is 11.6 Å². The fourth-order valence-corrected chi connectivity index (χ4v) is 2.34. The van der Waals surface area contributed by atoms with Crippen molar-refractivity contribution < 1.29 is 19.2 Å². The van der Waals surface area contributed by atoms with Crippen LogP contribution >= 0.6 is 0 Å². The number of nitro benzene ring substituents is 1. The molecule has 0 radical (unpaired) electrons. The van der Waals surface area contributed by atoms with Crippen molar-refractivity contribution in [2.75, 3.05) is 18.9 Å². The molecule has 1 atom stereocenters. The molecule has 8 nitrogen and oxygen atoms in total. The van der Waals surface area contributed by atoms with Gasteiger partial charge in [-0.2, -0.15) is 0 Å². The minimum absolute atomic E-state index is 0.0637. The number of anilines is 1. The largest absolute Gasteiger partial charge is 0.481 e. The van der Waals surface area contributed by atoms with Gasteiger partial charge in [0, 0.05) is 24.9 Å².